The van der Waals surface area contributed by atoms with Gasteiger partial charge in [0.1, 0.15) is 5.82 Å². The predicted molar refractivity (Wildman–Crippen MR) is 76.0 cm³/mol. The van der Waals surface area contributed by atoms with Crippen LogP contribution in [0.1, 0.15) is 17.1 Å². The number of fused-ring (bicyclic) bond motifs is 1. The van der Waals surface area contributed by atoms with Crippen molar-refractivity contribution in [1.29, 1.82) is 0 Å². The van der Waals surface area contributed by atoms with Crippen LogP contribution >= 0.6 is 33.3 Å². The summed E-state index contributed by atoms with van der Waals surface area (Å²) in [5.74, 6) is 0.821. The summed E-state index contributed by atoms with van der Waals surface area (Å²) in [6.45, 7) is 1.90. The molecular weight excluding hydrogens is 264 g/mol. The molecule has 0 spiro atoms. The minimum Gasteiger partial charge on any atom is -0.269 e. The molecule has 0 bridgehead atoms. The summed E-state index contributed by atoms with van der Waals surface area (Å²) < 4.78 is 1.83. The summed E-state index contributed by atoms with van der Waals surface area (Å²) in [7, 11) is 5.62. The lowest BCUT2D eigenvalue weighted by molar-refractivity contribution is 0.929. The van der Waals surface area contributed by atoms with Crippen molar-refractivity contribution in [3.05, 3.63) is 33.5 Å². The van der Waals surface area contributed by atoms with E-state index in [1.807, 2.05) is 23.4 Å². The predicted octanol–water partition coefficient (Wildman–Crippen LogP) is 2.54. The normalized spacial score (nSPS) is 16.2. The van der Waals surface area contributed by atoms with E-state index in [1.54, 1.807) is 0 Å². The highest BCUT2D eigenvalue weighted by Crippen LogP contribution is 2.66. The van der Waals surface area contributed by atoms with E-state index in [-0.39, 0.29) is 5.56 Å². The fourth-order valence-corrected chi connectivity index (χ4v) is 5.30. The Morgan fingerprint density at radius 3 is 3.07 bits per heavy atom. The first-order valence-electron chi connectivity index (χ1n) is 4.45. The van der Waals surface area contributed by atoms with Gasteiger partial charge in [-0.15, -0.1) is 8.93 Å². The lowest BCUT2D eigenvalue weighted by atomic mass is 10.2. The molecule has 2 rings (SSSR count). The van der Waals surface area contributed by atoms with Gasteiger partial charge in [-0.25, -0.2) is 4.98 Å². The lowest BCUT2D eigenvalue weighted by Gasteiger charge is -2.16. The maximum Gasteiger partial charge on any atom is 0.261 e. The molecule has 4 atom stereocenters. The maximum atomic E-state index is 12.2. The Labute approximate surface area is 95.8 Å². The van der Waals surface area contributed by atoms with Gasteiger partial charge in [-0.3, -0.25) is 9.13 Å². The van der Waals surface area contributed by atoms with Gasteiger partial charge in [-0.05, 0) is 19.4 Å². The molecule has 15 heavy (non-hydrogen) atoms. The molecule has 0 saturated carbocycles. The highest BCUT2D eigenvalue weighted by atomic mass is 32.6. The smallest absolute Gasteiger partial charge is 0.261 e. The third-order valence-electron chi connectivity index (χ3n) is 2.29. The van der Waals surface area contributed by atoms with Crippen LogP contribution in [-0.4, -0.2) is 9.32 Å². The zero-order valence-corrected chi connectivity index (χ0v) is 12.5. The van der Waals surface area contributed by atoms with E-state index in [0.29, 0.717) is 7.96 Å². The molecule has 0 aromatic carbocycles. The van der Waals surface area contributed by atoms with E-state index in [9.17, 15) is 4.79 Å². The molecule has 3 nitrogen and oxygen atoms in total. The molecule has 0 amide bonds. The number of nitrogens with zero attached hydrogens (tertiary/aromatic N) is 2. The van der Waals surface area contributed by atoms with Crippen molar-refractivity contribution in [3.8, 4) is 0 Å². The van der Waals surface area contributed by atoms with Gasteiger partial charge in [0.2, 0.25) is 0 Å². The van der Waals surface area contributed by atoms with Crippen molar-refractivity contribution < 1.29 is 0 Å². The molecule has 1 aromatic heterocycles. The first kappa shape index (κ1) is 11.8. The van der Waals surface area contributed by atoms with Crippen LogP contribution in [0, 0.1) is 6.92 Å². The van der Waals surface area contributed by atoms with Crippen molar-refractivity contribution in [2.75, 3.05) is 0 Å². The number of hydrogen-bond acceptors (Lipinski definition) is 2. The largest absolute Gasteiger partial charge is 0.269 e. The van der Waals surface area contributed by atoms with E-state index >= 15 is 0 Å². The maximum absolute atomic E-state index is 12.2. The van der Waals surface area contributed by atoms with Crippen molar-refractivity contribution >= 4 is 39.3 Å². The van der Waals surface area contributed by atoms with Crippen molar-refractivity contribution in [2.24, 2.45) is 0 Å². The summed E-state index contributed by atoms with van der Waals surface area (Å²) in [5, 5.41) is 0. The summed E-state index contributed by atoms with van der Waals surface area (Å²) >= 11 is 0. The van der Waals surface area contributed by atoms with Crippen molar-refractivity contribution in [1.82, 2.24) is 9.32 Å². The molecule has 1 aliphatic rings. The zero-order chi connectivity index (χ0) is 11.0. The third kappa shape index (κ3) is 2.09. The Hall–Kier alpha value is 0.340. The van der Waals surface area contributed by atoms with Gasteiger partial charge in [0.25, 0.3) is 5.56 Å². The van der Waals surface area contributed by atoms with Crippen LogP contribution in [-0.2, 0) is 6.42 Å². The Morgan fingerprint density at radius 1 is 1.67 bits per heavy atom. The van der Waals surface area contributed by atoms with Crippen LogP contribution in [0.4, 0.5) is 0 Å². The second-order valence-electron chi connectivity index (χ2n) is 3.22. The molecular formula is C8H12N2OP4. The fourth-order valence-electron chi connectivity index (χ4n) is 1.60. The lowest BCUT2D eigenvalue weighted by Crippen LogP contribution is -2.23. The fraction of sp³-hybridized carbons (Fsp3) is 0.250. The zero-order valence-electron chi connectivity index (χ0n) is 8.27. The quantitative estimate of drug-likeness (QED) is 0.778. The summed E-state index contributed by atoms with van der Waals surface area (Å²) in [5.41, 5.74) is 1.84. The van der Waals surface area contributed by atoms with Gasteiger partial charge in [-0.1, -0.05) is 23.0 Å². The summed E-state index contributed by atoms with van der Waals surface area (Å²) in [6.07, 6.45) is 4.66. The van der Waals surface area contributed by atoms with Crippen LogP contribution in [0.25, 0.3) is 6.08 Å². The Bertz CT molecular complexity index is 482. The van der Waals surface area contributed by atoms with E-state index in [0.717, 1.165) is 23.5 Å². The number of aryl methyl sites for hydroxylation is 1. The molecule has 0 N–H and O–H groups in total. The average molecular weight is 276 g/mol. The van der Waals surface area contributed by atoms with Crippen LogP contribution in [0.2, 0.25) is 0 Å². The van der Waals surface area contributed by atoms with Gasteiger partial charge in [-0.2, -0.15) is 0 Å². The second-order valence-corrected chi connectivity index (χ2v) is 12.1. The highest BCUT2D eigenvalue weighted by Gasteiger charge is 2.17. The monoisotopic (exact) mass is 276 g/mol. The average Bonchev–Trinajstić information content (AvgIpc) is 2.65. The molecule has 0 saturated heterocycles. The number of rotatable bonds is 2. The molecule has 80 valence electrons. The standard InChI is InChI=1S/C8H12N2OP4/c1-5-9-7-4-2-3-6(7)8(11)10(5)15(13)14-12/h2,4,14H,3,12-13H2,1H3. The number of aromatic nitrogens is 2. The van der Waals surface area contributed by atoms with Crippen LogP contribution in [0.15, 0.2) is 10.9 Å². The molecule has 0 aliphatic heterocycles. The van der Waals surface area contributed by atoms with E-state index < -0.39 is 7.45 Å². The first-order chi connectivity index (χ1) is 7.15. The Kier molecular flexibility index (Phi) is 3.69. The molecule has 1 aromatic rings. The molecule has 1 heterocycles. The van der Waals surface area contributed by atoms with Crippen LogP contribution in [0.5, 0.6) is 0 Å². The molecule has 4 unspecified atom stereocenters. The Balaban J connectivity index is 2.64. The summed E-state index contributed by atoms with van der Waals surface area (Å²) in [6, 6.07) is 0. The van der Waals surface area contributed by atoms with Gasteiger partial charge >= 0.3 is 0 Å². The number of allylic oxidation sites excluding steroid dienone is 1. The van der Waals surface area contributed by atoms with Gasteiger partial charge in [0.15, 0.2) is 0 Å². The van der Waals surface area contributed by atoms with Gasteiger partial charge in [0, 0.05) is 13.0 Å². The SMILES string of the molecule is Cc1nc2c(c(=O)n1P(P)PP)CC=C2. The molecule has 0 fully saturated rings. The second kappa shape index (κ2) is 4.68. The van der Waals surface area contributed by atoms with Crippen molar-refractivity contribution in [2.45, 2.75) is 13.3 Å². The van der Waals surface area contributed by atoms with E-state index in [1.165, 1.54) is 0 Å². The minimum atomic E-state index is -0.500. The number of hydrogen-bond donors (Lipinski definition) is 0. The third-order valence-corrected chi connectivity index (χ3v) is 12.0. The summed E-state index contributed by atoms with van der Waals surface area (Å²) in [4.78, 5) is 16.6. The van der Waals surface area contributed by atoms with E-state index in [2.05, 4.69) is 22.8 Å². The Morgan fingerprint density at radius 2 is 2.40 bits per heavy atom. The van der Waals surface area contributed by atoms with Gasteiger partial charge in [0.05, 0.1) is 5.69 Å². The first-order valence-corrected chi connectivity index (χ1v) is 11.0. The molecule has 0 radical (unpaired) electrons. The molecule has 1 aliphatic carbocycles. The van der Waals surface area contributed by atoms with E-state index in [4.69, 9.17) is 0 Å². The van der Waals surface area contributed by atoms with Gasteiger partial charge < -0.3 is 0 Å². The van der Waals surface area contributed by atoms with Crippen molar-refractivity contribution in [3.63, 3.8) is 0 Å². The van der Waals surface area contributed by atoms with Crippen LogP contribution < -0.4 is 5.56 Å². The highest BCUT2D eigenvalue weighted by molar-refractivity contribution is 8.60. The van der Waals surface area contributed by atoms with Crippen LogP contribution in [0.3, 0.4) is 0 Å². The molecule has 7 heteroatoms. The minimum absolute atomic E-state index is 0.138. The topological polar surface area (TPSA) is 34.9 Å².